The molecule has 0 saturated heterocycles. The third kappa shape index (κ3) is 1.78. The van der Waals surface area contributed by atoms with Crippen LogP contribution in [0.4, 0.5) is 0 Å². The third-order valence-electron chi connectivity index (χ3n) is 3.06. The summed E-state index contributed by atoms with van der Waals surface area (Å²) in [6.45, 7) is 2.21. The van der Waals surface area contributed by atoms with E-state index in [2.05, 4.69) is 17.1 Å². The normalized spacial score (nSPS) is 21.0. The molecule has 0 aromatic carbocycles. The maximum Gasteiger partial charge on any atom is 0.232 e. The first-order chi connectivity index (χ1) is 6.74. The van der Waals surface area contributed by atoms with Gasteiger partial charge in [0.2, 0.25) is 5.89 Å². The zero-order valence-corrected chi connectivity index (χ0v) is 9.18. The van der Waals surface area contributed by atoms with Gasteiger partial charge >= 0.3 is 0 Å². The lowest BCUT2D eigenvalue weighted by molar-refractivity contribution is 0.232. The van der Waals surface area contributed by atoms with Crippen LogP contribution in [0.5, 0.6) is 0 Å². The van der Waals surface area contributed by atoms with Crippen molar-refractivity contribution in [2.24, 2.45) is 0 Å². The molecule has 0 bridgehead atoms. The SMILES string of the molecule is CC1(c2nc(CCl)no2)CCCCC1. The molecule has 1 aromatic rings. The molecule has 0 spiro atoms. The van der Waals surface area contributed by atoms with E-state index in [4.69, 9.17) is 16.1 Å². The maximum absolute atomic E-state index is 5.64. The van der Waals surface area contributed by atoms with E-state index >= 15 is 0 Å². The van der Waals surface area contributed by atoms with Crippen LogP contribution in [0.25, 0.3) is 0 Å². The Morgan fingerprint density at radius 1 is 1.36 bits per heavy atom. The van der Waals surface area contributed by atoms with E-state index in [-0.39, 0.29) is 5.41 Å². The van der Waals surface area contributed by atoms with Crippen LogP contribution in [-0.4, -0.2) is 10.1 Å². The van der Waals surface area contributed by atoms with Crippen LogP contribution in [0.2, 0.25) is 0 Å². The lowest BCUT2D eigenvalue weighted by atomic mass is 9.76. The monoisotopic (exact) mass is 214 g/mol. The smallest absolute Gasteiger partial charge is 0.232 e. The minimum absolute atomic E-state index is 0.0928. The summed E-state index contributed by atoms with van der Waals surface area (Å²) in [6, 6.07) is 0. The summed E-state index contributed by atoms with van der Waals surface area (Å²) in [6.07, 6.45) is 6.14. The van der Waals surface area contributed by atoms with Crippen molar-refractivity contribution in [1.82, 2.24) is 10.1 Å². The first kappa shape index (κ1) is 9.97. The number of rotatable bonds is 2. The summed E-state index contributed by atoms with van der Waals surface area (Å²) in [5.41, 5.74) is 0.0928. The molecule has 2 rings (SSSR count). The molecule has 0 unspecified atom stereocenters. The van der Waals surface area contributed by atoms with E-state index in [1.807, 2.05) is 0 Å². The molecular weight excluding hydrogens is 200 g/mol. The zero-order chi connectivity index (χ0) is 10.0. The second-order valence-corrected chi connectivity index (χ2v) is 4.54. The van der Waals surface area contributed by atoms with Crippen LogP contribution in [0.3, 0.4) is 0 Å². The lowest BCUT2D eigenvalue weighted by Crippen LogP contribution is -2.25. The highest BCUT2D eigenvalue weighted by Crippen LogP contribution is 2.37. The van der Waals surface area contributed by atoms with Crippen molar-refractivity contribution in [2.75, 3.05) is 0 Å². The van der Waals surface area contributed by atoms with Crippen LogP contribution in [0.15, 0.2) is 4.52 Å². The van der Waals surface area contributed by atoms with Gasteiger partial charge in [0.15, 0.2) is 5.82 Å². The number of hydrogen-bond donors (Lipinski definition) is 0. The molecule has 3 nitrogen and oxygen atoms in total. The molecule has 1 saturated carbocycles. The van der Waals surface area contributed by atoms with Gasteiger partial charge in [-0.05, 0) is 12.8 Å². The van der Waals surface area contributed by atoms with E-state index in [0.29, 0.717) is 11.7 Å². The van der Waals surface area contributed by atoms with Gasteiger partial charge in [-0.3, -0.25) is 0 Å². The molecular formula is C10H15ClN2O. The number of hydrogen-bond acceptors (Lipinski definition) is 3. The zero-order valence-electron chi connectivity index (χ0n) is 8.42. The van der Waals surface area contributed by atoms with Gasteiger partial charge in [0.25, 0.3) is 0 Å². The summed E-state index contributed by atoms with van der Waals surface area (Å²) in [4.78, 5) is 4.31. The van der Waals surface area contributed by atoms with Crippen LogP contribution in [0, 0.1) is 0 Å². The van der Waals surface area contributed by atoms with Gasteiger partial charge < -0.3 is 4.52 Å². The number of alkyl halides is 1. The van der Waals surface area contributed by atoms with Crippen molar-refractivity contribution in [3.05, 3.63) is 11.7 Å². The van der Waals surface area contributed by atoms with Crippen molar-refractivity contribution in [3.8, 4) is 0 Å². The van der Waals surface area contributed by atoms with Gasteiger partial charge in [0.05, 0.1) is 5.88 Å². The molecule has 1 aliphatic rings. The quantitative estimate of drug-likeness (QED) is 0.711. The second kappa shape index (κ2) is 3.89. The summed E-state index contributed by atoms with van der Waals surface area (Å²) in [7, 11) is 0. The van der Waals surface area contributed by atoms with Gasteiger partial charge in [-0.1, -0.05) is 31.3 Å². The van der Waals surface area contributed by atoms with E-state index in [1.165, 1.54) is 19.3 Å². The number of halogens is 1. The highest BCUT2D eigenvalue weighted by atomic mass is 35.5. The van der Waals surface area contributed by atoms with Gasteiger partial charge in [0.1, 0.15) is 0 Å². The number of nitrogens with zero attached hydrogens (tertiary/aromatic N) is 2. The van der Waals surface area contributed by atoms with Crippen molar-refractivity contribution in [3.63, 3.8) is 0 Å². The molecule has 0 aliphatic heterocycles. The fraction of sp³-hybridized carbons (Fsp3) is 0.800. The highest BCUT2D eigenvalue weighted by molar-refractivity contribution is 6.16. The van der Waals surface area contributed by atoms with Crippen LogP contribution in [-0.2, 0) is 11.3 Å². The molecule has 1 aliphatic carbocycles. The Hall–Kier alpha value is -0.570. The van der Waals surface area contributed by atoms with Crippen LogP contribution < -0.4 is 0 Å². The minimum Gasteiger partial charge on any atom is -0.339 e. The molecule has 0 amide bonds. The Labute approximate surface area is 88.8 Å². The van der Waals surface area contributed by atoms with Crippen molar-refractivity contribution >= 4 is 11.6 Å². The Morgan fingerprint density at radius 2 is 2.07 bits per heavy atom. The van der Waals surface area contributed by atoms with E-state index in [0.717, 1.165) is 18.7 Å². The van der Waals surface area contributed by atoms with Crippen molar-refractivity contribution < 1.29 is 4.52 Å². The average molecular weight is 215 g/mol. The molecule has 1 fully saturated rings. The highest BCUT2D eigenvalue weighted by Gasteiger charge is 2.34. The summed E-state index contributed by atoms with van der Waals surface area (Å²) in [5.74, 6) is 1.71. The Morgan fingerprint density at radius 3 is 2.64 bits per heavy atom. The van der Waals surface area contributed by atoms with Crippen LogP contribution in [0.1, 0.15) is 50.7 Å². The van der Waals surface area contributed by atoms with Crippen molar-refractivity contribution in [1.29, 1.82) is 0 Å². The summed E-state index contributed by atoms with van der Waals surface area (Å²) >= 11 is 5.64. The third-order valence-corrected chi connectivity index (χ3v) is 3.30. The summed E-state index contributed by atoms with van der Waals surface area (Å²) in [5, 5.41) is 3.84. The Bertz CT molecular complexity index is 305. The minimum atomic E-state index is 0.0928. The van der Waals surface area contributed by atoms with E-state index < -0.39 is 0 Å². The molecule has 78 valence electrons. The van der Waals surface area contributed by atoms with E-state index in [9.17, 15) is 0 Å². The maximum atomic E-state index is 5.64. The number of aromatic nitrogens is 2. The molecule has 1 aromatic heterocycles. The Balaban J connectivity index is 2.19. The fourth-order valence-corrected chi connectivity index (χ4v) is 2.21. The Kier molecular flexibility index (Phi) is 2.77. The van der Waals surface area contributed by atoms with Gasteiger partial charge in [-0.15, -0.1) is 11.6 Å². The first-order valence-electron chi connectivity index (χ1n) is 5.14. The largest absolute Gasteiger partial charge is 0.339 e. The lowest BCUT2D eigenvalue weighted by Gasteiger charge is -2.29. The summed E-state index contributed by atoms with van der Waals surface area (Å²) < 4.78 is 5.25. The van der Waals surface area contributed by atoms with Crippen molar-refractivity contribution in [2.45, 2.75) is 50.3 Å². The molecule has 0 N–H and O–H groups in total. The first-order valence-corrected chi connectivity index (χ1v) is 5.67. The topological polar surface area (TPSA) is 38.9 Å². The van der Waals surface area contributed by atoms with Gasteiger partial charge in [-0.2, -0.15) is 4.98 Å². The average Bonchev–Trinajstić information content (AvgIpc) is 2.67. The molecule has 4 heteroatoms. The van der Waals surface area contributed by atoms with Gasteiger partial charge in [0, 0.05) is 5.41 Å². The molecule has 0 atom stereocenters. The molecule has 14 heavy (non-hydrogen) atoms. The molecule has 1 heterocycles. The van der Waals surface area contributed by atoms with Gasteiger partial charge in [-0.25, -0.2) is 0 Å². The van der Waals surface area contributed by atoms with E-state index in [1.54, 1.807) is 0 Å². The predicted molar refractivity (Wildman–Crippen MR) is 54.3 cm³/mol. The standard InChI is InChI=1S/C10H15ClN2O/c1-10(5-3-2-4-6-10)9-12-8(7-11)13-14-9/h2-7H2,1H3. The predicted octanol–water partition coefficient (Wildman–Crippen LogP) is 3.03. The molecule has 0 radical (unpaired) electrons. The fourth-order valence-electron chi connectivity index (χ4n) is 2.10. The second-order valence-electron chi connectivity index (χ2n) is 4.27. The van der Waals surface area contributed by atoms with Crippen LogP contribution >= 0.6 is 11.6 Å².